The number of sulfonamides is 1. The van der Waals surface area contributed by atoms with Crippen LogP contribution < -0.4 is 4.72 Å². The number of aryl methyl sites for hydroxylation is 1. The highest BCUT2D eigenvalue weighted by Gasteiger charge is 2.33. The van der Waals surface area contributed by atoms with E-state index in [1.807, 2.05) is 13.0 Å². The third-order valence-electron chi connectivity index (χ3n) is 4.35. The third-order valence-corrected chi connectivity index (χ3v) is 5.11. The Morgan fingerprint density at radius 1 is 1.29 bits per heavy atom. The average molecular weight is 308 g/mol. The highest BCUT2D eigenvalue weighted by atomic mass is 32.2. The number of benzene rings is 1. The van der Waals surface area contributed by atoms with Gasteiger partial charge in [0.05, 0.1) is 12.3 Å². The van der Waals surface area contributed by atoms with Gasteiger partial charge >= 0.3 is 0 Å². The molecule has 1 aliphatic carbocycles. The first-order valence-corrected chi connectivity index (χ1v) is 9.12. The molecule has 114 valence electrons. The first-order valence-electron chi connectivity index (χ1n) is 7.23. The van der Waals surface area contributed by atoms with Crippen molar-refractivity contribution >= 4 is 15.9 Å². The molecule has 1 aliphatic heterocycles. The second-order valence-electron chi connectivity index (χ2n) is 6.03. The van der Waals surface area contributed by atoms with Crippen molar-refractivity contribution in [2.45, 2.75) is 32.2 Å². The number of hydrogen-bond acceptors (Lipinski definition) is 3. The Hall–Kier alpha value is -1.40. The van der Waals surface area contributed by atoms with E-state index in [1.165, 1.54) is 11.1 Å². The molecule has 0 saturated carbocycles. The predicted molar refractivity (Wildman–Crippen MR) is 80.9 cm³/mol. The Kier molecular flexibility index (Phi) is 3.53. The Balaban J connectivity index is 1.71. The van der Waals surface area contributed by atoms with E-state index in [1.54, 1.807) is 4.90 Å². The molecule has 1 saturated heterocycles. The summed E-state index contributed by atoms with van der Waals surface area (Å²) in [7, 11) is -3.20. The van der Waals surface area contributed by atoms with E-state index in [2.05, 4.69) is 10.8 Å². The van der Waals surface area contributed by atoms with Crippen LogP contribution in [0.3, 0.4) is 0 Å². The number of nitrogens with one attached hydrogen (secondary N) is 1. The maximum absolute atomic E-state index is 12.5. The minimum Gasteiger partial charge on any atom is -0.335 e. The molecule has 1 heterocycles. The maximum atomic E-state index is 12.5. The molecular weight excluding hydrogens is 288 g/mol. The summed E-state index contributed by atoms with van der Waals surface area (Å²) in [6.45, 7) is 2.91. The average Bonchev–Trinajstić information content (AvgIpc) is 2.81. The molecule has 1 fully saturated rings. The molecule has 6 heteroatoms. The zero-order valence-corrected chi connectivity index (χ0v) is 13.2. The van der Waals surface area contributed by atoms with Gasteiger partial charge in [0.2, 0.25) is 10.0 Å². The van der Waals surface area contributed by atoms with Gasteiger partial charge in [-0.3, -0.25) is 4.79 Å². The van der Waals surface area contributed by atoms with Crippen LogP contribution >= 0.6 is 0 Å². The van der Waals surface area contributed by atoms with Gasteiger partial charge in [-0.15, -0.1) is 0 Å². The predicted octanol–water partition coefficient (Wildman–Crippen LogP) is 0.857. The zero-order chi connectivity index (χ0) is 15.2. The van der Waals surface area contributed by atoms with Gasteiger partial charge in [0.25, 0.3) is 5.91 Å². The van der Waals surface area contributed by atoms with Crippen LogP contribution in [0.2, 0.25) is 0 Å². The van der Waals surface area contributed by atoms with E-state index < -0.39 is 10.0 Å². The molecule has 1 aromatic carbocycles. The molecule has 0 atom stereocenters. The first kappa shape index (κ1) is 14.5. The van der Waals surface area contributed by atoms with Crippen molar-refractivity contribution in [2.75, 3.05) is 19.3 Å². The van der Waals surface area contributed by atoms with Gasteiger partial charge in [0.15, 0.2) is 0 Å². The molecule has 1 aromatic rings. The smallest absolute Gasteiger partial charge is 0.254 e. The normalized spacial score (nSPS) is 18.5. The number of likely N-dealkylation sites (tertiary alicyclic amines) is 1. The third kappa shape index (κ3) is 2.82. The molecule has 2 aliphatic rings. The van der Waals surface area contributed by atoms with Crippen molar-refractivity contribution in [3.05, 3.63) is 34.4 Å². The molecular formula is C15H20N2O3S. The molecule has 0 radical (unpaired) electrons. The number of hydrogen-bond donors (Lipinski definition) is 1. The molecule has 0 unspecified atom stereocenters. The monoisotopic (exact) mass is 308 g/mol. The van der Waals surface area contributed by atoms with Gasteiger partial charge < -0.3 is 4.90 Å². The highest BCUT2D eigenvalue weighted by Crippen LogP contribution is 2.28. The lowest BCUT2D eigenvalue weighted by Crippen LogP contribution is -2.60. The Morgan fingerprint density at radius 3 is 2.67 bits per heavy atom. The van der Waals surface area contributed by atoms with Crippen LogP contribution in [0.15, 0.2) is 12.1 Å². The molecule has 0 bridgehead atoms. The minimum absolute atomic E-state index is 0.00810. The molecule has 1 N–H and O–H groups in total. The first-order chi connectivity index (χ1) is 9.85. The fraction of sp³-hybridized carbons (Fsp3) is 0.533. The van der Waals surface area contributed by atoms with Gasteiger partial charge in [0.1, 0.15) is 0 Å². The van der Waals surface area contributed by atoms with Crippen LogP contribution in [0.25, 0.3) is 0 Å². The number of amides is 1. The van der Waals surface area contributed by atoms with Crippen LogP contribution in [-0.4, -0.2) is 44.6 Å². The lowest BCUT2D eigenvalue weighted by atomic mass is 9.97. The SMILES string of the molecule is Cc1c(C(=O)N2CC(NS(C)(=O)=O)C2)ccc2c1CCC2. The van der Waals surface area contributed by atoms with Crippen molar-refractivity contribution < 1.29 is 13.2 Å². The fourth-order valence-corrected chi connectivity index (χ4v) is 4.03. The van der Waals surface area contributed by atoms with E-state index >= 15 is 0 Å². The Labute approximate surface area is 125 Å². The van der Waals surface area contributed by atoms with Crippen molar-refractivity contribution in [3.63, 3.8) is 0 Å². The largest absolute Gasteiger partial charge is 0.335 e. The van der Waals surface area contributed by atoms with E-state index in [0.29, 0.717) is 13.1 Å². The minimum atomic E-state index is -3.20. The fourth-order valence-electron chi connectivity index (χ4n) is 3.27. The quantitative estimate of drug-likeness (QED) is 0.900. The van der Waals surface area contributed by atoms with Crippen LogP contribution in [0, 0.1) is 6.92 Å². The summed E-state index contributed by atoms with van der Waals surface area (Å²) < 4.78 is 24.8. The highest BCUT2D eigenvalue weighted by molar-refractivity contribution is 7.88. The standard InChI is InChI=1S/C15H20N2O3S/c1-10-13-5-3-4-11(13)6-7-14(10)15(18)17-8-12(9-17)16-21(2,19)20/h6-7,12,16H,3-5,8-9H2,1-2H3. The zero-order valence-electron chi connectivity index (χ0n) is 12.3. The topological polar surface area (TPSA) is 66.5 Å². The van der Waals surface area contributed by atoms with Crippen molar-refractivity contribution in [2.24, 2.45) is 0 Å². The molecule has 3 rings (SSSR count). The van der Waals surface area contributed by atoms with Gasteiger partial charge in [-0.2, -0.15) is 0 Å². The van der Waals surface area contributed by atoms with Crippen LogP contribution in [-0.2, 0) is 22.9 Å². The lowest BCUT2D eigenvalue weighted by Gasteiger charge is -2.39. The summed E-state index contributed by atoms with van der Waals surface area (Å²) >= 11 is 0. The second kappa shape index (κ2) is 5.10. The summed E-state index contributed by atoms with van der Waals surface area (Å²) in [5.41, 5.74) is 4.54. The second-order valence-corrected chi connectivity index (χ2v) is 7.81. The van der Waals surface area contributed by atoms with Crippen molar-refractivity contribution in [1.29, 1.82) is 0 Å². The summed E-state index contributed by atoms with van der Waals surface area (Å²) in [5, 5.41) is 0. The maximum Gasteiger partial charge on any atom is 0.254 e. The van der Waals surface area contributed by atoms with E-state index in [-0.39, 0.29) is 11.9 Å². The van der Waals surface area contributed by atoms with Crippen LogP contribution in [0.4, 0.5) is 0 Å². The van der Waals surface area contributed by atoms with Gasteiger partial charge in [-0.05, 0) is 48.9 Å². The van der Waals surface area contributed by atoms with Crippen molar-refractivity contribution in [1.82, 2.24) is 9.62 Å². The molecule has 0 aromatic heterocycles. The summed E-state index contributed by atoms with van der Waals surface area (Å²) in [6.07, 6.45) is 4.47. The van der Waals surface area contributed by atoms with Crippen molar-refractivity contribution in [3.8, 4) is 0 Å². The molecule has 5 nitrogen and oxygen atoms in total. The number of carbonyl (C=O) groups is 1. The van der Waals surface area contributed by atoms with E-state index in [4.69, 9.17) is 0 Å². The Bertz CT molecular complexity index is 691. The lowest BCUT2D eigenvalue weighted by molar-refractivity contribution is 0.0591. The van der Waals surface area contributed by atoms with Crippen LogP contribution in [0.1, 0.15) is 33.5 Å². The van der Waals surface area contributed by atoms with Crippen LogP contribution in [0.5, 0.6) is 0 Å². The Morgan fingerprint density at radius 2 is 2.00 bits per heavy atom. The number of nitrogens with zero attached hydrogens (tertiary/aromatic N) is 1. The molecule has 1 amide bonds. The number of carbonyl (C=O) groups excluding carboxylic acids is 1. The van der Waals surface area contributed by atoms with Gasteiger partial charge in [0, 0.05) is 18.7 Å². The van der Waals surface area contributed by atoms with E-state index in [9.17, 15) is 13.2 Å². The van der Waals surface area contributed by atoms with E-state index in [0.717, 1.165) is 36.6 Å². The number of rotatable bonds is 3. The summed E-state index contributed by atoms with van der Waals surface area (Å²) in [6, 6.07) is 3.83. The molecule has 21 heavy (non-hydrogen) atoms. The summed E-state index contributed by atoms with van der Waals surface area (Å²) in [5.74, 6) is 0.00810. The summed E-state index contributed by atoms with van der Waals surface area (Å²) in [4.78, 5) is 14.2. The van der Waals surface area contributed by atoms with Gasteiger partial charge in [-0.25, -0.2) is 13.1 Å². The number of fused-ring (bicyclic) bond motifs is 1. The van der Waals surface area contributed by atoms with Gasteiger partial charge in [-0.1, -0.05) is 6.07 Å². The molecule has 0 spiro atoms.